The summed E-state index contributed by atoms with van der Waals surface area (Å²) in [6.45, 7) is 7.07. The summed E-state index contributed by atoms with van der Waals surface area (Å²) in [6, 6.07) is 7.36. The Hall–Kier alpha value is -12.7. The number of primary amides is 1. The lowest BCUT2D eigenvalue weighted by atomic mass is 9.85. The summed E-state index contributed by atoms with van der Waals surface area (Å²) >= 11 is 14.4. The standard InChI is InChI=1S/C86H98Cl2N14O28/c1-8-123-45-15-9-39(10-16-45)11-20-61(108)94-60-21-23-102(85(122)95-60)24-22-92-86(5)34-63(125-38(4)76(86)114)129-75-73(113)72(112)58(35-103)128-84(75)130-74-56-29-43-30-57(74)127-55-19-14-42(28-49(55)88)71(111)69-82(120)98-67(83(121)101-124-36-62(109)91-7)47-31-44(104)32-53(106)64(47)46-26-40(12-17-52(46)105)65(79(117)100-69)97-80(118)66(43)96-78(116)51(33-59(89)107)93-81(119)68(99-77(115)50(90-6)25-37(2)3)70(110)41-13-18-54(126-56)48(87)27-41/h9-21,23,26-32,37-38,50-51,58,63,65-73,75-76,84,90,92,103-106,110-114H,8,22,24-25,33-36H2,1-7H3,(H2,89,107)(H,91,109)(H,93,119)(H,96,116)(H,97,118)(H,98,120)(H,99,115)(H,100,117)(H,101,121)(H,94,95,108,122)/b20-11+/t38-,50+,51-,58+,63-,65+,66+,67+,68+,69-,70+,71+,72+,73-,75+,76+,84-,86-/m0/s1. The smallest absolute Gasteiger partial charge is 0.349 e. The van der Waals surface area contributed by atoms with Gasteiger partial charge < -0.3 is 138 Å². The summed E-state index contributed by atoms with van der Waals surface area (Å²) in [7, 11) is 2.72. The number of nitrogens with two attached hydrogens (primary N) is 1. The number of aliphatic hydroxyl groups excluding tert-OH is 6. The van der Waals surface area contributed by atoms with E-state index < -0.39 is 277 Å². The highest BCUT2D eigenvalue weighted by molar-refractivity contribution is 6.32. The second-order valence-corrected chi connectivity index (χ2v) is 32.6. The Kier molecular flexibility index (Phi) is 31.0. The average Bonchev–Trinajstić information content (AvgIpc) is 0.765. The monoisotopic (exact) mass is 1840 g/mol. The van der Waals surface area contributed by atoms with Crippen molar-refractivity contribution in [3.8, 4) is 62.9 Å². The summed E-state index contributed by atoms with van der Waals surface area (Å²) < 4.78 is 46.2. The maximum absolute atomic E-state index is 16.4. The number of hydrogen-bond donors (Lipinski definition) is 21. The van der Waals surface area contributed by atoms with E-state index >= 15 is 24.0 Å². The maximum atomic E-state index is 16.4. The number of halogens is 2. The first-order valence-electron chi connectivity index (χ1n) is 41.0. The molecule has 0 aliphatic carbocycles. The summed E-state index contributed by atoms with van der Waals surface area (Å²) in [4.78, 5) is 168. The van der Waals surface area contributed by atoms with Crippen LogP contribution in [0.5, 0.6) is 51.7 Å². The molecule has 0 radical (unpaired) electrons. The third-order valence-electron chi connectivity index (χ3n) is 22.0. The molecule has 7 aliphatic rings. The van der Waals surface area contributed by atoms with Gasteiger partial charge in [-0.05, 0) is 152 Å². The Morgan fingerprint density at radius 3 is 2.02 bits per heavy atom. The minimum atomic E-state index is -2.42. The molecule has 8 heterocycles. The van der Waals surface area contributed by atoms with Crippen molar-refractivity contribution in [2.75, 3.05) is 45.8 Å². The first-order chi connectivity index (χ1) is 61.9. The largest absolute Gasteiger partial charge is 0.508 e. The quantitative estimate of drug-likeness (QED) is 0.0277. The van der Waals surface area contributed by atoms with Crippen molar-refractivity contribution in [3.63, 3.8) is 0 Å². The number of nitrogens with one attached hydrogen (secondary N) is 11. The molecule has 2 saturated heterocycles. The minimum Gasteiger partial charge on any atom is -0.508 e. The lowest BCUT2D eigenvalue weighted by Gasteiger charge is -2.48. The number of carbonyl (C=O) groups is 10. The zero-order chi connectivity index (χ0) is 94.0. The van der Waals surface area contributed by atoms with Gasteiger partial charge in [0.1, 0.15) is 107 Å². The number of anilines is 1. The highest BCUT2D eigenvalue weighted by Crippen LogP contribution is 2.50. The van der Waals surface area contributed by atoms with Gasteiger partial charge in [0.25, 0.3) is 5.91 Å². The van der Waals surface area contributed by atoms with E-state index in [1.54, 1.807) is 51.1 Å². The van der Waals surface area contributed by atoms with E-state index in [0.29, 0.717) is 17.9 Å². The van der Waals surface area contributed by atoms with Crippen LogP contribution < -0.4 is 89.0 Å². The van der Waals surface area contributed by atoms with Crippen LogP contribution in [0, 0.1) is 5.92 Å². The number of fused-ring (bicyclic) bond motifs is 15. The molecule has 0 unspecified atom stereocenters. The second kappa shape index (κ2) is 41.8. The highest BCUT2D eigenvalue weighted by atomic mass is 35.5. The van der Waals surface area contributed by atoms with Gasteiger partial charge >= 0.3 is 5.69 Å². The van der Waals surface area contributed by atoms with Gasteiger partial charge in [0, 0.05) is 61.6 Å². The molecule has 7 aromatic rings. The number of aromatic nitrogens is 2. The third kappa shape index (κ3) is 22.4. The molecule has 10 amide bonds. The van der Waals surface area contributed by atoms with Crippen molar-refractivity contribution < 1.29 is 132 Å². The van der Waals surface area contributed by atoms with Crippen molar-refractivity contribution in [2.45, 2.75) is 170 Å². The number of rotatable bonds is 25. The minimum absolute atomic E-state index is 0.0412. The van der Waals surface area contributed by atoms with Gasteiger partial charge in [0.2, 0.25) is 65.2 Å². The molecule has 14 rings (SSSR count). The molecule has 694 valence electrons. The van der Waals surface area contributed by atoms with E-state index in [-0.39, 0.29) is 48.8 Å². The molecule has 44 heteroatoms. The number of nitrogens with zero attached hydrogens (tertiary/aromatic N) is 2. The third-order valence-corrected chi connectivity index (χ3v) is 22.6. The summed E-state index contributed by atoms with van der Waals surface area (Å²) in [5, 5.41) is 132. The molecule has 7 aliphatic heterocycles. The molecule has 0 spiro atoms. The van der Waals surface area contributed by atoms with Crippen molar-refractivity contribution in [1.82, 2.24) is 62.9 Å². The van der Waals surface area contributed by atoms with Gasteiger partial charge in [0.05, 0.1) is 47.9 Å². The van der Waals surface area contributed by atoms with Crippen LogP contribution in [-0.2, 0) is 73.5 Å². The fourth-order valence-corrected chi connectivity index (χ4v) is 15.7. The van der Waals surface area contributed by atoms with Crippen molar-refractivity contribution >= 4 is 94.2 Å². The Labute approximate surface area is 750 Å². The normalized spacial score (nSPS) is 25.4. The van der Waals surface area contributed by atoms with Crippen LogP contribution >= 0.6 is 23.2 Å². The van der Waals surface area contributed by atoms with E-state index in [1.807, 2.05) is 12.4 Å². The van der Waals surface area contributed by atoms with Crippen LogP contribution in [0.4, 0.5) is 5.82 Å². The van der Waals surface area contributed by atoms with Crippen molar-refractivity contribution in [3.05, 3.63) is 175 Å². The van der Waals surface area contributed by atoms with Gasteiger partial charge in [-0.25, -0.2) is 10.3 Å². The number of amides is 10. The lowest BCUT2D eigenvalue weighted by Crippen LogP contribution is -2.65. The zero-order valence-corrected chi connectivity index (χ0v) is 72.2. The van der Waals surface area contributed by atoms with E-state index in [9.17, 15) is 74.7 Å². The SMILES string of the molecule is CCOc1ccc(/C=C/C(=O)Nc2ccn(CCN[C@@]3(C)C[C@H](O[C@H]4[C@H](Oc5c6cc7cc5Oc5ccc(cc5Cl)[C@@H](O)[C@@H](NC(=O)[C@@H](CC(C)C)NC)C(=O)N[C@@H](CC(N)=O)C(=O)N[C@H]7C(=O)N[C@H]5C(=O)N[C@H](C(=O)N[C@@H](C(=O)NOCC(=O)NC)c7cc(O)cc(O)c7-c7cc5ccc7O)[C@H](O)c5ccc(c(Cl)c5)O6)O[C@H](CO)[C@@H](O)[C@@H]4O)O[C@@H](C)[C@H]3O)c(=O)n2)cc1. The number of hydrogen-bond acceptors (Lipinski definition) is 31. The number of carbonyl (C=O) groups excluding carboxylic acids is 10. The number of likely N-dealkylation sites (N-methyl/N-ethyl adjacent to an activating group) is 2. The Morgan fingerprint density at radius 1 is 0.731 bits per heavy atom. The molecule has 2 fully saturated rings. The van der Waals surface area contributed by atoms with Crippen LogP contribution in [0.2, 0.25) is 10.0 Å². The number of phenols is 3. The predicted octanol–water partition coefficient (Wildman–Crippen LogP) is 0.754. The van der Waals surface area contributed by atoms with Crippen molar-refractivity contribution in [1.29, 1.82) is 0 Å². The number of aromatic hydroxyl groups is 3. The van der Waals surface area contributed by atoms with Gasteiger partial charge in [-0.1, -0.05) is 67.4 Å². The number of aliphatic hydroxyl groups is 6. The maximum Gasteiger partial charge on any atom is 0.349 e. The number of hydroxylamine groups is 1. The molecule has 42 nitrogen and oxygen atoms in total. The molecule has 22 N–H and O–H groups in total. The number of benzene rings is 6. The summed E-state index contributed by atoms with van der Waals surface area (Å²) in [6.07, 6.45) is -15.5. The molecule has 0 saturated carbocycles. The van der Waals surface area contributed by atoms with Gasteiger partial charge in [-0.2, -0.15) is 4.98 Å². The number of phenolic OH excluding ortho intramolecular Hbond substituents is 3. The fourth-order valence-electron chi connectivity index (χ4n) is 15.3. The zero-order valence-electron chi connectivity index (χ0n) is 70.7. The van der Waals surface area contributed by atoms with E-state index in [2.05, 4.69) is 58.2 Å². The molecular weight excluding hydrogens is 1750 g/mol. The average molecular weight is 1850 g/mol. The lowest BCUT2D eigenvalue weighted by molar-refractivity contribution is -0.334. The first-order valence-corrected chi connectivity index (χ1v) is 41.7. The topological polar surface area (TPSA) is 620 Å². The van der Waals surface area contributed by atoms with Crippen LogP contribution in [0.15, 0.2) is 126 Å². The number of ether oxygens (including phenoxy) is 7. The Morgan fingerprint density at radius 2 is 1.38 bits per heavy atom. The molecule has 18 atom stereocenters. The van der Waals surface area contributed by atoms with Crippen LogP contribution in [0.25, 0.3) is 17.2 Å². The van der Waals surface area contributed by atoms with Crippen LogP contribution in [0.3, 0.4) is 0 Å². The van der Waals surface area contributed by atoms with Crippen molar-refractivity contribution in [2.24, 2.45) is 11.7 Å². The molecular formula is C86H98Cl2N14O28. The molecule has 6 aromatic carbocycles. The Bertz CT molecular complexity index is 5540. The van der Waals surface area contributed by atoms with Gasteiger partial charge in [-0.15, -0.1) is 0 Å². The first kappa shape index (κ1) is 96.4. The van der Waals surface area contributed by atoms with Gasteiger partial charge in [0.15, 0.2) is 30.5 Å². The fraction of sp³-hybridized carbons (Fsp3) is 0.395. The Balaban J connectivity index is 0.986. The van der Waals surface area contributed by atoms with E-state index in [1.165, 1.54) is 56.1 Å². The van der Waals surface area contributed by atoms with Gasteiger partial charge in [-0.3, -0.25) is 57.4 Å². The molecule has 1 aromatic heterocycles. The molecule has 130 heavy (non-hydrogen) atoms. The molecule has 11 bridgehead atoms. The summed E-state index contributed by atoms with van der Waals surface area (Å²) in [5.74, 6) is -16.8. The predicted molar refractivity (Wildman–Crippen MR) is 457 cm³/mol. The highest BCUT2D eigenvalue weighted by Gasteiger charge is 2.52. The van der Waals surface area contributed by atoms with Crippen LogP contribution in [0.1, 0.15) is 118 Å². The van der Waals surface area contributed by atoms with E-state index in [0.717, 1.165) is 66.7 Å². The summed E-state index contributed by atoms with van der Waals surface area (Å²) in [5.41, 5.74) is 3.35. The second-order valence-electron chi connectivity index (χ2n) is 31.8. The van der Waals surface area contributed by atoms with Crippen LogP contribution in [-0.4, -0.2) is 234 Å². The van der Waals surface area contributed by atoms with E-state index in [4.69, 9.17) is 66.9 Å².